The lowest BCUT2D eigenvalue weighted by atomic mass is 10.00. The Kier molecular flexibility index (Phi) is 5.34. The first-order chi connectivity index (χ1) is 15.1. The lowest BCUT2D eigenvalue weighted by Crippen LogP contribution is -2.58. The Morgan fingerprint density at radius 1 is 0.875 bits per heavy atom. The molecule has 3 aromatic rings. The van der Waals surface area contributed by atoms with Crippen molar-refractivity contribution in [1.29, 1.82) is 0 Å². The maximum atomic E-state index is 13.2. The van der Waals surface area contributed by atoms with Crippen LogP contribution in [0.1, 0.15) is 6.92 Å². The second-order valence-corrected chi connectivity index (χ2v) is 7.43. The van der Waals surface area contributed by atoms with Gasteiger partial charge in [-0.1, -0.05) is 0 Å². The first kappa shape index (κ1) is 21.7. The number of rotatable bonds is 3. The zero-order valence-corrected chi connectivity index (χ0v) is 16.5. The topological polar surface area (TPSA) is 190 Å². The number of phenols is 4. The van der Waals surface area contributed by atoms with E-state index in [9.17, 15) is 40.5 Å². The molecule has 170 valence electrons. The van der Waals surface area contributed by atoms with Crippen LogP contribution in [0.25, 0.3) is 22.3 Å². The summed E-state index contributed by atoms with van der Waals surface area (Å²) in [4.78, 5) is 13.2. The van der Waals surface area contributed by atoms with E-state index in [0.29, 0.717) is 0 Å². The zero-order valence-electron chi connectivity index (χ0n) is 16.5. The Morgan fingerprint density at radius 3 is 2.28 bits per heavy atom. The molecule has 1 aliphatic heterocycles. The van der Waals surface area contributed by atoms with Gasteiger partial charge in [-0.05, 0) is 25.1 Å². The minimum atomic E-state index is -1.74. The quantitative estimate of drug-likeness (QED) is 0.276. The van der Waals surface area contributed by atoms with Crippen molar-refractivity contribution in [2.45, 2.75) is 37.6 Å². The second-order valence-electron chi connectivity index (χ2n) is 7.43. The van der Waals surface area contributed by atoms with E-state index in [1.807, 2.05) is 0 Å². The molecular formula is C21H20O11. The van der Waals surface area contributed by atoms with Gasteiger partial charge in [-0.2, -0.15) is 0 Å². The lowest BCUT2D eigenvalue weighted by Gasteiger charge is -2.38. The number of hydrogen-bond donors (Lipinski definition) is 7. The standard InChI is InChI=1S/C21H20O11/c1-7-15(26)17(28)18(29)21(30-7)32-20-16(27)14-12(25)5-9(22)6-13(14)31-19(20)8-2-3-10(23)11(24)4-8/h2-7,15,17-18,21-26,28-29H,1H3/t7?,15-,17?,18-,21-/m0/s1. The van der Waals surface area contributed by atoms with Gasteiger partial charge in [0.15, 0.2) is 17.3 Å². The second kappa shape index (κ2) is 7.88. The number of aliphatic hydroxyl groups excluding tert-OH is 3. The molecule has 0 spiro atoms. The number of benzene rings is 2. The molecule has 5 atom stereocenters. The van der Waals surface area contributed by atoms with Gasteiger partial charge in [-0.15, -0.1) is 0 Å². The number of phenolic OH excluding ortho intramolecular Hbond substituents is 4. The summed E-state index contributed by atoms with van der Waals surface area (Å²) >= 11 is 0. The van der Waals surface area contributed by atoms with Gasteiger partial charge in [0.2, 0.25) is 17.5 Å². The molecule has 0 radical (unpaired) electrons. The number of ether oxygens (including phenoxy) is 2. The minimum Gasteiger partial charge on any atom is -0.508 e. The van der Waals surface area contributed by atoms with Crippen molar-refractivity contribution in [3.05, 3.63) is 40.6 Å². The molecule has 1 fully saturated rings. The Labute approximate surface area is 179 Å². The molecule has 2 aromatic carbocycles. The highest BCUT2D eigenvalue weighted by molar-refractivity contribution is 5.88. The van der Waals surface area contributed by atoms with Gasteiger partial charge in [0, 0.05) is 17.7 Å². The van der Waals surface area contributed by atoms with Gasteiger partial charge in [0.1, 0.15) is 40.8 Å². The largest absolute Gasteiger partial charge is 0.508 e. The molecule has 2 unspecified atom stereocenters. The van der Waals surface area contributed by atoms with E-state index in [0.717, 1.165) is 24.3 Å². The fourth-order valence-corrected chi connectivity index (χ4v) is 3.46. The third-order valence-electron chi connectivity index (χ3n) is 5.20. The summed E-state index contributed by atoms with van der Waals surface area (Å²) in [5, 5.41) is 69.2. The van der Waals surface area contributed by atoms with E-state index in [2.05, 4.69) is 0 Å². The van der Waals surface area contributed by atoms with E-state index in [-0.39, 0.29) is 28.0 Å². The van der Waals surface area contributed by atoms with Crippen LogP contribution < -0.4 is 10.2 Å². The van der Waals surface area contributed by atoms with E-state index in [4.69, 9.17) is 13.9 Å². The highest BCUT2D eigenvalue weighted by Crippen LogP contribution is 2.39. The van der Waals surface area contributed by atoms with Crippen molar-refractivity contribution in [1.82, 2.24) is 0 Å². The highest BCUT2D eigenvalue weighted by atomic mass is 16.7. The summed E-state index contributed by atoms with van der Waals surface area (Å²) in [6.07, 6.45) is -7.35. The van der Waals surface area contributed by atoms with Crippen LogP contribution in [0, 0.1) is 0 Å². The van der Waals surface area contributed by atoms with E-state index >= 15 is 0 Å². The highest BCUT2D eigenvalue weighted by Gasteiger charge is 2.44. The summed E-state index contributed by atoms with van der Waals surface area (Å²) in [6, 6.07) is 5.51. The van der Waals surface area contributed by atoms with Crippen LogP contribution in [0.2, 0.25) is 0 Å². The van der Waals surface area contributed by atoms with Crippen LogP contribution >= 0.6 is 0 Å². The smallest absolute Gasteiger partial charge is 0.239 e. The van der Waals surface area contributed by atoms with Crippen molar-refractivity contribution in [3.63, 3.8) is 0 Å². The Balaban J connectivity index is 1.92. The van der Waals surface area contributed by atoms with E-state index in [1.165, 1.54) is 13.0 Å². The third-order valence-corrected chi connectivity index (χ3v) is 5.20. The molecule has 0 amide bonds. The van der Waals surface area contributed by atoms with Gasteiger partial charge < -0.3 is 49.6 Å². The Morgan fingerprint density at radius 2 is 1.59 bits per heavy atom. The van der Waals surface area contributed by atoms with E-state index in [1.54, 1.807) is 0 Å². The molecule has 2 heterocycles. The van der Waals surface area contributed by atoms with Crippen molar-refractivity contribution >= 4 is 11.0 Å². The fourth-order valence-electron chi connectivity index (χ4n) is 3.46. The normalized spacial score (nSPS) is 25.7. The molecule has 7 N–H and O–H groups in total. The number of aliphatic hydroxyl groups is 3. The zero-order chi connectivity index (χ0) is 23.3. The monoisotopic (exact) mass is 448 g/mol. The van der Waals surface area contributed by atoms with Gasteiger partial charge in [0.05, 0.1) is 6.10 Å². The average Bonchev–Trinajstić information content (AvgIpc) is 2.73. The third kappa shape index (κ3) is 3.56. The number of hydrogen-bond acceptors (Lipinski definition) is 11. The molecule has 1 aliphatic rings. The molecule has 0 aliphatic carbocycles. The molecule has 0 bridgehead atoms. The lowest BCUT2D eigenvalue weighted by molar-refractivity contribution is -0.268. The first-order valence-corrected chi connectivity index (χ1v) is 9.50. The maximum Gasteiger partial charge on any atom is 0.239 e. The van der Waals surface area contributed by atoms with Crippen LogP contribution in [0.3, 0.4) is 0 Å². The van der Waals surface area contributed by atoms with Crippen LogP contribution in [0.15, 0.2) is 39.5 Å². The first-order valence-electron chi connectivity index (χ1n) is 9.50. The van der Waals surface area contributed by atoms with E-state index < -0.39 is 59.1 Å². The van der Waals surface area contributed by atoms with Crippen molar-refractivity contribution in [3.8, 4) is 40.1 Å². The average molecular weight is 448 g/mol. The molecule has 0 saturated carbocycles. The summed E-state index contributed by atoms with van der Waals surface area (Å²) in [6.45, 7) is 1.42. The predicted molar refractivity (Wildman–Crippen MR) is 108 cm³/mol. The van der Waals surface area contributed by atoms with Crippen molar-refractivity contribution in [2.24, 2.45) is 0 Å². The maximum absolute atomic E-state index is 13.2. The molecule has 4 rings (SSSR count). The summed E-state index contributed by atoms with van der Waals surface area (Å²) < 4.78 is 16.6. The summed E-state index contributed by atoms with van der Waals surface area (Å²) in [5.74, 6) is -2.80. The number of aromatic hydroxyl groups is 4. The summed E-state index contributed by atoms with van der Waals surface area (Å²) in [7, 11) is 0. The molecular weight excluding hydrogens is 428 g/mol. The van der Waals surface area contributed by atoms with Gasteiger partial charge >= 0.3 is 0 Å². The van der Waals surface area contributed by atoms with Gasteiger partial charge in [-0.3, -0.25) is 4.79 Å². The molecule has 11 heteroatoms. The molecule has 1 aromatic heterocycles. The summed E-state index contributed by atoms with van der Waals surface area (Å²) in [5.41, 5.74) is -1.05. The van der Waals surface area contributed by atoms with Crippen LogP contribution in [-0.4, -0.2) is 66.5 Å². The fraction of sp³-hybridized carbons (Fsp3) is 0.286. The Bertz CT molecular complexity index is 1230. The van der Waals surface area contributed by atoms with Crippen molar-refractivity contribution in [2.75, 3.05) is 0 Å². The van der Waals surface area contributed by atoms with Crippen molar-refractivity contribution < 1.29 is 49.6 Å². The van der Waals surface area contributed by atoms with Crippen LogP contribution in [-0.2, 0) is 4.74 Å². The van der Waals surface area contributed by atoms with Crippen LogP contribution in [0.5, 0.6) is 28.7 Å². The SMILES string of the molecule is CC1O[C@@H](Oc2c(-c3ccc(O)c(O)c3)oc3cc(O)cc(O)c3c2=O)[C@@H](O)C(O)[C@H]1O. The molecule has 1 saturated heterocycles. The molecule has 32 heavy (non-hydrogen) atoms. The molecule has 11 nitrogen and oxygen atoms in total. The minimum absolute atomic E-state index is 0.0658. The van der Waals surface area contributed by atoms with Gasteiger partial charge in [0.25, 0.3) is 0 Å². The Hall–Kier alpha value is -3.51. The van der Waals surface area contributed by atoms with Crippen LogP contribution in [0.4, 0.5) is 0 Å². The van der Waals surface area contributed by atoms with Gasteiger partial charge in [-0.25, -0.2) is 0 Å². The predicted octanol–water partition coefficient (Wildman–Crippen LogP) is 0.489. The number of fused-ring (bicyclic) bond motifs is 1.